The predicted molar refractivity (Wildman–Crippen MR) is 140 cm³/mol. The Hall–Kier alpha value is -4.44. The van der Waals surface area contributed by atoms with Crippen molar-refractivity contribution in [1.82, 2.24) is 0 Å². The summed E-state index contributed by atoms with van der Waals surface area (Å²) < 4.78 is 23.2. The molecule has 3 aromatic rings. The second-order valence-corrected chi connectivity index (χ2v) is 8.60. The fourth-order valence-electron chi connectivity index (χ4n) is 4.13. The number of allylic oxidation sites excluding steroid dienone is 1. The number of nitrogens with two attached hydrogens (primary N) is 1. The van der Waals surface area contributed by atoms with Gasteiger partial charge in [-0.15, -0.1) is 0 Å². The van der Waals surface area contributed by atoms with Gasteiger partial charge in [0.25, 0.3) is 0 Å². The molecule has 2 N–H and O–H groups in total. The molecule has 0 saturated carbocycles. The van der Waals surface area contributed by atoms with Crippen LogP contribution in [0.15, 0.2) is 78.2 Å². The third-order valence-electron chi connectivity index (χ3n) is 5.96. The molecule has 4 rings (SSSR count). The lowest BCUT2D eigenvalue weighted by Gasteiger charge is -2.28. The van der Waals surface area contributed by atoms with E-state index in [-0.39, 0.29) is 11.6 Å². The number of carbonyl (C=O) groups excluding carboxylic acids is 1. The highest BCUT2D eigenvalue weighted by atomic mass is 16.5. The summed E-state index contributed by atoms with van der Waals surface area (Å²) in [4.78, 5) is 12.9. The Balaban J connectivity index is 1.66. The summed E-state index contributed by atoms with van der Waals surface area (Å²) in [5.74, 6) is 0.821. The fourth-order valence-corrected chi connectivity index (χ4v) is 4.13. The van der Waals surface area contributed by atoms with Gasteiger partial charge in [0.1, 0.15) is 40.2 Å². The van der Waals surface area contributed by atoms with Crippen LogP contribution in [-0.2, 0) is 0 Å². The average Bonchev–Trinajstić information content (AvgIpc) is 2.91. The van der Waals surface area contributed by atoms with Gasteiger partial charge in [0, 0.05) is 17.2 Å². The summed E-state index contributed by atoms with van der Waals surface area (Å²) >= 11 is 0. The normalized spacial score (nSPS) is 14.2. The van der Waals surface area contributed by atoms with Crippen molar-refractivity contribution in [3.8, 4) is 29.1 Å². The lowest BCUT2D eigenvalue weighted by Crippen LogP contribution is -2.21. The van der Waals surface area contributed by atoms with Crippen molar-refractivity contribution in [2.45, 2.75) is 39.0 Å². The minimum absolute atomic E-state index is 0.00477. The summed E-state index contributed by atoms with van der Waals surface area (Å²) in [6.45, 7) is 5.16. The van der Waals surface area contributed by atoms with E-state index < -0.39 is 11.9 Å². The summed E-state index contributed by atoms with van der Waals surface area (Å²) in [6.07, 6.45) is 2.75. The number of benzene rings is 3. The van der Waals surface area contributed by atoms with Crippen LogP contribution in [0.4, 0.5) is 0 Å². The number of fused-ring (bicyclic) bond motifs is 1. The number of carbonyl (C=O) groups is 1. The highest BCUT2D eigenvalue weighted by molar-refractivity contribution is 5.94. The third kappa shape index (κ3) is 5.70. The van der Waals surface area contributed by atoms with E-state index in [1.807, 2.05) is 31.2 Å². The Morgan fingerprint density at radius 3 is 2.43 bits per heavy atom. The molecule has 7 heteroatoms. The van der Waals surface area contributed by atoms with Gasteiger partial charge in [-0.3, -0.25) is 0 Å². The topological polar surface area (TPSA) is 104 Å². The van der Waals surface area contributed by atoms with E-state index in [9.17, 15) is 10.1 Å². The summed E-state index contributed by atoms with van der Waals surface area (Å²) in [5.41, 5.74) is 8.35. The molecule has 1 heterocycles. The number of rotatable bonds is 10. The Morgan fingerprint density at radius 2 is 1.68 bits per heavy atom. The van der Waals surface area contributed by atoms with Gasteiger partial charge >= 0.3 is 5.97 Å². The maximum absolute atomic E-state index is 12.9. The van der Waals surface area contributed by atoms with E-state index in [0.29, 0.717) is 41.6 Å². The van der Waals surface area contributed by atoms with E-state index in [1.54, 1.807) is 42.5 Å². The van der Waals surface area contributed by atoms with Gasteiger partial charge in [-0.2, -0.15) is 5.26 Å². The summed E-state index contributed by atoms with van der Waals surface area (Å²) in [5, 5.41) is 9.92. The Bertz CT molecular complexity index is 1340. The highest BCUT2D eigenvalue weighted by Gasteiger charge is 2.33. The number of nitriles is 1. The van der Waals surface area contributed by atoms with E-state index in [2.05, 4.69) is 13.0 Å². The van der Waals surface area contributed by atoms with Crippen LogP contribution in [0, 0.1) is 11.3 Å². The van der Waals surface area contributed by atoms with E-state index in [4.69, 9.17) is 24.7 Å². The predicted octanol–water partition coefficient (Wildman–Crippen LogP) is 6.09. The fraction of sp³-hybridized carbons (Fsp3) is 0.267. The van der Waals surface area contributed by atoms with Crippen LogP contribution in [0.3, 0.4) is 0 Å². The zero-order valence-corrected chi connectivity index (χ0v) is 21.0. The minimum Gasteiger partial charge on any atom is -0.493 e. The van der Waals surface area contributed by atoms with Gasteiger partial charge in [-0.25, -0.2) is 4.79 Å². The molecule has 0 spiro atoms. The standard InChI is InChI=1S/C30H30N2O5/c1-3-5-17-35-25-12-8-6-10-21(25)28-22-15-14-20(18-27(22)37-29(32)24(28)19-31)36-30(33)23-11-7-9-13-26(23)34-16-4-2/h6-15,18,28H,3-5,16-17,32H2,1-2H3. The molecule has 3 aromatic carbocycles. The molecule has 0 amide bonds. The quantitative estimate of drug-likeness (QED) is 0.205. The number of unbranched alkanes of at least 4 members (excludes halogenated alkanes) is 1. The van der Waals surface area contributed by atoms with Crippen LogP contribution < -0.4 is 24.7 Å². The van der Waals surface area contributed by atoms with Crippen molar-refractivity contribution < 1.29 is 23.7 Å². The Morgan fingerprint density at radius 1 is 0.946 bits per heavy atom. The monoisotopic (exact) mass is 498 g/mol. The molecule has 0 aliphatic carbocycles. The largest absolute Gasteiger partial charge is 0.493 e. The maximum Gasteiger partial charge on any atom is 0.347 e. The van der Waals surface area contributed by atoms with E-state index >= 15 is 0 Å². The highest BCUT2D eigenvalue weighted by Crippen LogP contribution is 2.46. The van der Waals surface area contributed by atoms with Crippen LogP contribution in [0.1, 0.15) is 60.5 Å². The first-order chi connectivity index (χ1) is 18.1. The van der Waals surface area contributed by atoms with E-state index in [1.165, 1.54) is 0 Å². The molecule has 1 aliphatic heterocycles. The first-order valence-electron chi connectivity index (χ1n) is 12.4. The molecule has 0 saturated heterocycles. The smallest absolute Gasteiger partial charge is 0.347 e. The zero-order chi connectivity index (χ0) is 26.2. The van der Waals surface area contributed by atoms with Gasteiger partial charge < -0.3 is 24.7 Å². The van der Waals surface area contributed by atoms with Crippen molar-refractivity contribution in [3.05, 3.63) is 94.9 Å². The number of ether oxygens (including phenoxy) is 4. The van der Waals surface area contributed by atoms with E-state index in [0.717, 1.165) is 30.4 Å². The first-order valence-corrected chi connectivity index (χ1v) is 12.4. The second kappa shape index (κ2) is 12.0. The molecule has 0 bridgehead atoms. The van der Waals surface area contributed by atoms with Crippen molar-refractivity contribution in [1.29, 1.82) is 5.26 Å². The third-order valence-corrected chi connectivity index (χ3v) is 5.96. The molecule has 1 atom stereocenters. The number of hydrogen-bond donors (Lipinski definition) is 1. The summed E-state index contributed by atoms with van der Waals surface area (Å²) in [6, 6.07) is 21.8. The van der Waals surface area contributed by atoms with Crippen molar-refractivity contribution >= 4 is 5.97 Å². The number of nitrogens with zero attached hydrogens (tertiary/aromatic N) is 1. The zero-order valence-electron chi connectivity index (χ0n) is 21.0. The van der Waals surface area contributed by atoms with Crippen LogP contribution in [0.25, 0.3) is 0 Å². The van der Waals surface area contributed by atoms with Crippen LogP contribution >= 0.6 is 0 Å². The Kier molecular flexibility index (Phi) is 8.32. The van der Waals surface area contributed by atoms with Crippen molar-refractivity contribution in [2.75, 3.05) is 13.2 Å². The molecule has 1 unspecified atom stereocenters. The Labute approximate surface area is 217 Å². The van der Waals surface area contributed by atoms with Gasteiger partial charge in [0.2, 0.25) is 5.88 Å². The van der Waals surface area contributed by atoms with Gasteiger partial charge in [0.15, 0.2) is 0 Å². The molecular formula is C30H30N2O5. The molecule has 0 fully saturated rings. The number of para-hydroxylation sites is 2. The summed E-state index contributed by atoms with van der Waals surface area (Å²) in [7, 11) is 0. The van der Waals surface area contributed by atoms with Crippen molar-refractivity contribution in [3.63, 3.8) is 0 Å². The van der Waals surface area contributed by atoms with Crippen LogP contribution in [-0.4, -0.2) is 19.2 Å². The van der Waals surface area contributed by atoms with Crippen LogP contribution in [0.2, 0.25) is 0 Å². The van der Waals surface area contributed by atoms with Crippen molar-refractivity contribution in [2.24, 2.45) is 5.73 Å². The molecule has 7 nitrogen and oxygen atoms in total. The first kappa shape index (κ1) is 25.6. The van der Waals surface area contributed by atoms with Gasteiger partial charge in [0.05, 0.1) is 19.1 Å². The maximum atomic E-state index is 12.9. The average molecular weight is 499 g/mol. The lowest BCUT2D eigenvalue weighted by molar-refractivity contribution is 0.0730. The molecular weight excluding hydrogens is 468 g/mol. The van der Waals surface area contributed by atoms with Crippen LogP contribution in [0.5, 0.6) is 23.0 Å². The SMILES string of the molecule is CCCCOc1ccccc1C1C(C#N)=C(N)Oc2cc(OC(=O)c3ccccc3OCCC)ccc21. The molecule has 1 aliphatic rings. The molecule has 37 heavy (non-hydrogen) atoms. The molecule has 190 valence electrons. The lowest BCUT2D eigenvalue weighted by atomic mass is 9.83. The minimum atomic E-state index is -0.546. The molecule has 0 aromatic heterocycles. The number of esters is 1. The second-order valence-electron chi connectivity index (χ2n) is 8.60. The van der Waals surface area contributed by atoms with Gasteiger partial charge in [-0.05, 0) is 37.1 Å². The van der Waals surface area contributed by atoms with Gasteiger partial charge in [-0.1, -0.05) is 56.7 Å². The molecule has 0 radical (unpaired) electrons. The number of hydrogen-bond acceptors (Lipinski definition) is 7.